The Hall–Kier alpha value is -6.12. The van der Waals surface area contributed by atoms with Gasteiger partial charge in [-0.1, -0.05) is 108 Å². The summed E-state index contributed by atoms with van der Waals surface area (Å²) in [4.78, 5) is 41.0. The van der Waals surface area contributed by atoms with Gasteiger partial charge in [-0.05, 0) is 41.5 Å². The SMILES string of the molecule is C#CCO[C@H]1C[C@](Sc2ccccc2)(C(=O)OC)O[C@@H]([C@H](OCC#C)[C@@](O)(OCC#C)C2Oc3ccc(OC)cc3C(c3ccccc3)(c3ccccc3)O2)[C@@H]1N(C(C)=O)C(C)=O. The van der Waals surface area contributed by atoms with Crippen LogP contribution in [0.2, 0.25) is 0 Å². The monoisotopic (exact) mass is 873 g/mol. The van der Waals surface area contributed by atoms with Gasteiger partial charge in [-0.3, -0.25) is 14.5 Å². The van der Waals surface area contributed by atoms with E-state index < -0.39 is 78.0 Å². The van der Waals surface area contributed by atoms with Crippen molar-refractivity contribution in [2.45, 2.75) is 72.1 Å². The first-order valence-corrected chi connectivity index (χ1v) is 20.6. The number of carbonyl (C=O) groups excluding carboxylic acids is 3. The number of nitrogens with zero attached hydrogens (tertiary/aromatic N) is 1. The number of imide groups is 1. The first-order valence-electron chi connectivity index (χ1n) is 19.8. The molecule has 6 rings (SSSR count). The number of esters is 1. The van der Waals surface area contributed by atoms with E-state index in [1.165, 1.54) is 28.1 Å². The van der Waals surface area contributed by atoms with Crippen LogP contribution in [-0.4, -0.2) is 103 Å². The summed E-state index contributed by atoms with van der Waals surface area (Å²) in [6.45, 7) is 0.914. The first kappa shape index (κ1) is 46.4. The maximum absolute atomic E-state index is 14.3. The normalized spacial score (nSPS) is 22.5. The molecular formula is C49H47NO12S. The maximum atomic E-state index is 14.3. The van der Waals surface area contributed by atoms with E-state index in [1.54, 1.807) is 48.5 Å². The number of hydrogen-bond acceptors (Lipinski definition) is 13. The molecule has 0 radical (unpaired) electrons. The fourth-order valence-corrected chi connectivity index (χ4v) is 9.30. The maximum Gasteiger partial charge on any atom is 0.349 e. The molecule has 2 aliphatic rings. The van der Waals surface area contributed by atoms with E-state index >= 15 is 0 Å². The van der Waals surface area contributed by atoms with E-state index in [-0.39, 0.29) is 18.8 Å². The van der Waals surface area contributed by atoms with Crippen LogP contribution >= 0.6 is 11.8 Å². The van der Waals surface area contributed by atoms with Crippen molar-refractivity contribution in [3.63, 3.8) is 0 Å². The molecule has 1 unspecified atom stereocenters. The summed E-state index contributed by atoms with van der Waals surface area (Å²) in [5.74, 6) is 2.69. The Morgan fingerprint density at radius 2 is 1.43 bits per heavy atom. The summed E-state index contributed by atoms with van der Waals surface area (Å²) in [5, 5.41) is 13.6. The summed E-state index contributed by atoms with van der Waals surface area (Å²) in [6.07, 6.45) is 10.2. The van der Waals surface area contributed by atoms with E-state index in [9.17, 15) is 19.5 Å². The van der Waals surface area contributed by atoms with E-state index in [1.807, 2.05) is 60.7 Å². The molecule has 0 bridgehead atoms. The lowest BCUT2D eigenvalue weighted by Crippen LogP contribution is -2.73. The molecular weight excluding hydrogens is 827 g/mol. The Kier molecular flexibility index (Phi) is 15.0. The molecule has 4 aromatic rings. The molecule has 0 aromatic heterocycles. The molecule has 2 heterocycles. The minimum Gasteiger partial charge on any atom is -0.497 e. The molecule has 1 fully saturated rings. The number of rotatable bonds is 16. The third-order valence-corrected chi connectivity index (χ3v) is 11.9. The number of amides is 2. The van der Waals surface area contributed by atoms with Gasteiger partial charge in [0.05, 0.1) is 26.4 Å². The molecule has 63 heavy (non-hydrogen) atoms. The van der Waals surface area contributed by atoms with Crippen molar-refractivity contribution in [1.29, 1.82) is 0 Å². The smallest absolute Gasteiger partial charge is 0.349 e. The second-order valence-electron chi connectivity index (χ2n) is 14.4. The van der Waals surface area contributed by atoms with Crippen LogP contribution in [0.1, 0.15) is 37.0 Å². The number of carbonyl (C=O) groups is 3. The number of benzene rings is 4. The second kappa shape index (κ2) is 20.4. The van der Waals surface area contributed by atoms with E-state index in [0.29, 0.717) is 27.3 Å². The number of aliphatic hydroxyl groups is 1. The topological polar surface area (TPSA) is 149 Å². The molecule has 0 saturated carbocycles. The van der Waals surface area contributed by atoms with Crippen LogP contribution in [0, 0.1) is 37.0 Å². The predicted molar refractivity (Wildman–Crippen MR) is 232 cm³/mol. The number of thioether (sulfide) groups is 1. The number of methoxy groups -OCH3 is 2. The standard InChI is InChI=1S/C49H47NO12S/c1-8-28-57-41-32-47(45(53)56-7,63-38-24-18-13-19-25-38)61-43(42(41)50(33(4)51)34(5)52)44(58-29-9-2)49(54,59-30-10-3)46-60-40-27-26-37(55-6)31-39(40)48(62-46,35-20-14-11-15-21-35)36-22-16-12-17-23-36/h1-3,11-27,31,41-44,46,54H,28-30,32H2,4-7H3/t41-,42+,43+,44-,46?,47-,49+/m0/s1. The van der Waals surface area contributed by atoms with Crippen molar-refractivity contribution >= 4 is 29.5 Å². The zero-order valence-corrected chi connectivity index (χ0v) is 35.9. The Bertz CT molecular complexity index is 2310. The molecule has 13 nitrogen and oxygen atoms in total. The van der Waals surface area contributed by atoms with Gasteiger partial charge in [0.1, 0.15) is 43.5 Å². The zero-order chi connectivity index (χ0) is 45.2. The van der Waals surface area contributed by atoms with Crippen LogP contribution < -0.4 is 9.47 Å². The van der Waals surface area contributed by atoms with Gasteiger partial charge in [-0.2, -0.15) is 0 Å². The molecule has 0 spiro atoms. The third-order valence-electron chi connectivity index (χ3n) is 10.6. The summed E-state index contributed by atoms with van der Waals surface area (Å²) in [7, 11) is 2.70. The summed E-state index contributed by atoms with van der Waals surface area (Å²) < 4.78 is 50.7. The molecule has 2 aliphatic heterocycles. The van der Waals surface area contributed by atoms with Gasteiger partial charge in [0.2, 0.25) is 16.7 Å². The highest BCUT2D eigenvalue weighted by Gasteiger charge is 2.65. The largest absolute Gasteiger partial charge is 0.497 e. The molecule has 2 amide bonds. The van der Waals surface area contributed by atoms with Crippen LogP contribution in [-0.2, 0) is 48.4 Å². The second-order valence-corrected chi connectivity index (χ2v) is 15.8. The van der Waals surface area contributed by atoms with Crippen LogP contribution in [0.5, 0.6) is 11.5 Å². The summed E-state index contributed by atoms with van der Waals surface area (Å²) in [5.41, 5.74) is 0.136. The number of ether oxygens (including phenoxy) is 8. The lowest BCUT2D eigenvalue weighted by molar-refractivity contribution is -0.383. The van der Waals surface area contributed by atoms with Crippen molar-refractivity contribution in [3.8, 4) is 48.5 Å². The number of fused-ring (bicyclic) bond motifs is 1. The van der Waals surface area contributed by atoms with Crippen molar-refractivity contribution < 1.29 is 57.4 Å². The molecule has 14 heteroatoms. The van der Waals surface area contributed by atoms with E-state index in [2.05, 4.69) is 17.8 Å². The lowest BCUT2D eigenvalue weighted by Gasteiger charge is -2.54. The van der Waals surface area contributed by atoms with Gasteiger partial charge < -0.3 is 43.0 Å². The van der Waals surface area contributed by atoms with Crippen molar-refractivity contribution in [1.82, 2.24) is 4.90 Å². The van der Waals surface area contributed by atoms with Gasteiger partial charge in [-0.15, -0.1) is 19.3 Å². The molecule has 4 aromatic carbocycles. The van der Waals surface area contributed by atoms with Crippen molar-refractivity contribution in [3.05, 3.63) is 126 Å². The fourth-order valence-electron chi connectivity index (χ4n) is 8.05. The molecule has 1 saturated heterocycles. The molecule has 7 atom stereocenters. The van der Waals surface area contributed by atoms with Crippen LogP contribution in [0.4, 0.5) is 0 Å². The zero-order valence-electron chi connectivity index (χ0n) is 35.1. The van der Waals surface area contributed by atoms with Gasteiger partial charge in [0.25, 0.3) is 12.1 Å². The fraction of sp³-hybridized carbons (Fsp3) is 0.327. The Morgan fingerprint density at radius 3 is 1.97 bits per heavy atom. The number of hydrogen-bond donors (Lipinski definition) is 1. The Morgan fingerprint density at radius 1 is 0.841 bits per heavy atom. The Labute approximate surface area is 371 Å². The third kappa shape index (κ3) is 9.33. The highest BCUT2D eigenvalue weighted by atomic mass is 32.2. The minimum atomic E-state index is -2.88. The minimum absolute atomic E-state index is 0.229. The molecule has 326 valence electrons. The molecule has 1 N–H and O–H groups in total. The van der Waals surface area contributed by atoms with E-state index in [4.69, 9.17) is 57.2 Å². The molecule has 0 aliphatic carbocycles. The van der Waals surface area contributed by atoms with Crippen molar-refractivity contribution in [2.75, 3.05) is 34.0 Å². The van der Waals surface area contributed by atoms with Gasteiger partial charge in [-0.25, -0.2) is 4.79 Å². The van der Waals surface area contributed by atoms with E-state index in [0.717, 1.165) is 16.7 Å². The Balaban J connectivity index is 1.66. The predicted octanol–water partition coefficient (Wildman–Crippen LogP) is 5.31. The first-order chi connectivity index (χ1) is 30.4. The van der Waals surface area contributed by atoms with Gasteiger partial charge in [0, 0.05) is 30.7 Å². The average Bonchev–Trinajstić information content (AvgIpc) is 3.30. The summed E-state index contributed by atoms with van der Waals surface area (Å²) in [6, 6.07) is 30.8. The van der Waals surface area contributed by atoms with Crippen LogP contribution in [0.15, 0.2) is 114 Å². The van der Waals surface area contributed by atoms with Gasteiger partial charge >= 0.3 is 5.97 Å². The highest BCUT2D eigenvalue weighted by molar-refractivity contribution is 8.01. The summed E-state index contributed by atoms with van der Waals surface area (Å²) >= 11 is 0.968. The van der Waals surface area contributed by atoms with Crippen LogP contribution in [0.25, 0.3) is 0 Å². The average molecular weight is 874 g/mol. The lowest BCUT2D eigenvalue weighted by atomic mass is 9.78. The van der Waals surface area contributed by atoms with Gasteiger partial charge in [0.15, 0.2) is 5.60 Å². The number of terminal acetylenes is 3. The van der Waals surface area contributed by atoms with Crippen LogP contribution in [0.3, 0.4) is 0 Å². The quantitative estimate of drug-likeness (QED) is 0.0882. The highest BCUT2D eigenvalue weighted by Crippen LogP contribution is 2.53. The van der Waals surface area contributed by atoms with Crippen molar-refractivity contribution in [2.24, 2.45) is 0 Å².